The van der Waals surface area contributed by atoms with E-state index < -0.39 is 28.8 Å². The van der Waals surface area contributed by atoms with Crippen LogP contribution in [0.25, 0.3) is 16.9 Å². The van der Waals surface area contributed by atoms with Crippen molar-refractivity contribution in [2.45, 2.75) is 0 Å². The lowest BCUT2D eigenvalue weighted by molar-refractivity contribution is 0.112. The minimum absolute atomic E-state index is 0.00159. The molecule has 0 amide bonds. The van der Waals surface area contributed by atoms with E-state index in [4.69, 9.17) is 0 Å². The average molecular weight is 399 g/mol. The van der Waals surface area contributed by atoms with Crippen LogP contribution in [0.1, 0.15) is 10.4 Å². The van der Waals surface area contributed by atoms with Gasteiger partial charge in [-0.05, 0) is 40.2 Å². The Kier molecular flexibility index (Phi) is 4.23. The van der Waals surface area contributed by atoms with E-state index in [2.05, 4.69) is 21.0 Å². The molecule has 2 aromatic carbocycles. The van der Waals surface area contributed by atoms with E-state index in [0.717, 1.165) is 16.8 Å². The molecule has 0 unspecified atom stereocenters. The molecule has 0 bridgehead atoms. The number of hydrogen-bond acceptors (Lipinski definition) is 2. The number of halogens is 5. The minimum atomic E-state index is -1.68. The summed E-state index contributed by atoms with van der Waals surface area (Å²) in [7, 11) is 0. The zero-order valence-corrected chi connectivity index (χ0v) is 13.3. The molecule has 0 saturated heterocycles. The Hall–Kier alpha value is -2.48. The first-order valence-corrected chi connectivity index (χ1v) is 7.37. The third kappa shape index (κ3) is 2.52. The van der Waals surface area contributed by atoms with Crippen molar-refractivity contribution in [3.8, 4) is 16.9 Å². The molecule has 0 N–H and O–H groups in total. The van der Waals surface area contributed by atoms with Gasteiger partial charge in [0.2, 0.25) is 0 Å². The summed E-state index contributed by atoms with van der Waals surface area (Å²) in [5.41, 5.74) is -0.770. The number of carbonyl (C=O) groups is 1. The molecule has 0 saturated carbocycles. The minimum Gasteiger partial charge on any atom is -0.298 e. The van der Waals surface area contributed by atoms with E-state index >= 15 is 0 Å². The molecule has 0 spiro atoms. The highest BCUT2D eigenvalue weighted by atomic mass is 79.9. The highest BCUT2D eigenvalue weighted by Gasteiger charge is 2.24. The van der Waals surface area contributed by atoms with E-state index in [9.17, 15) is 22.4 Å². The molecule has 0 aliphatic heterocycles. The van der Waals surface area contributed by atoms with Gasteiger partial charge in [0.15, 0.2) is 23.7 Å². The van der Waals surface area contributed by atoms with Gasteiger partial charge < -0.3 is 0 Å². The number of benzene rings is 2. The molecule has 3 aromatic rings. The van der Waals surface area contributed by atoms with Gasteiger partial charge in [0.1, 0.15) is 21.8 Å². The van der Waals surface area contributed by atoms with Gasteiger partial charge in [0, 0.05) is 5.56 Å². The highest BCUT2D eigenvalue weighted by Crippen LogP contribution is 2.33. The Labute approximate surface area is 141 Å². The first-order chi connectivity index (χ1) is 11.5. The molecule has 24 heavy (non-hydrogen) atoms. The maximum atomic E-state index is 14.0. The fraction of sp³-hybridized carbons (Fsp3) is 0. The van der Waals surface area contributed by atoms with Crippen molar-refractivity contribution in [1.29, 1.82) is 0 Å². The lowest BCUT2D eigenvalue weighted by Gasteiger charge is -2.04. The summed E-state index contributed by atoms with van der Waals surface area (Å²) in [6.07, 6.45) is 0.366. The molecule has 0 aliphatic carbocycles. The fourth-order valence-corrected chi connectivity index (χ4v) is 2.76. The summed E-state index contributed by atoms with van der Waals surface area (Å²) >= 11 is 3.10. The quantitative estimate of drug-likeness (QED) is 0.365. The van der Waals surface area contributed by atoms with Crippen molar-refractivity contribution in [2.24, 2.45) is 0 Å². The number of rotatable bonds is 3. The normalized spacial score (nSPS) is 10.9. The van der Waals surface area contributed by atoms with Crippen LogP contribution in [-0.4, -0.2) is 16.1 Å². The number of para-hydroxylation sites is 1. The number of aldehydes is 1. The Morgan fingerprint density at radius 3 is 2.33 bits per heavy atom. The number of aromatic nitrogens is 2. The largest absolute Gasteiger partial charge is 0.298 e. The maximum Gasteiger partial charge on any atom is 0.195 e. The third-order valence-electron chi connectivity index (χ3n) is 3.35. The monoisotopic (exact) mass is 398 g/mol. The van der Waals surface area contributed by atoms with E-state index in [1.807, 2.05) is 0 Å². The Bertz CT molecular complexity index is 955. The van der Waals surface area contributed by atoms with Gasteiger partial charge >= 0.3 is 0 Å². The molecule has 8 heteroatoms. The Morgan fingerprint density at radius 1 is 0.958 bits per heavy atom. The van der Waals surface area contributed by atoms with Crippen molar-refractivity contribution >= 4 is 22.2 Å². The van der Waals surface area contributed by atoms with Crippen molar-refractivity contribution in [3.05, 3.63) is 69.8 Å². The van der Waals surface area contributed by atoms with Crippen molar-refractivity contribution in [2.75, 3.05) is 0 Å². The molecule has 122 valence electrons. The van der Waals surface area contributed by atoms with Crippen molar-refractivity contribution < 1.29 is 22.4 Å². The van der Waals surface area contributed by atoms with Crippen LogP contribution >= 0.6 is 15.9 Å². The number of hydrogen-bond donors (Lipinski definition) is 0. The first-order valence-electron chi connectivity index (χ1n) is 6.58. The topological polar surface area (TPSA) is 34.9 Å². The molecule has 0 radical (unpaired) electrons. The van der Waals surface area contributed by atoms with Crippen LogP contribution in [0.4, 0.5) is 17.6 Å². The van der Waals surface area contributed by atoms with Gasteiger partial charge in [0.05, 0.1) is 5.56 Å². The second kappa shape index (κ2) is 6.20. The average Bonchev–Trinajstić information content (AvgIpc) is 2.89. The van der Waals surface area contributed by atoms with Crippen LogP contribution in [0.2, 0.25) is 0 Å². The fourth-order valence-electron chi connectivity index (χ4n) is 2.20. The summed E-state index contributed by atoms with van der Waals surface area (Å²) in [5.74, 6) is -5.16. The van der Waals surface area contributed by atoms with Crippen LogP contribution in [-0.2, 0) is 0 Å². The first kappa shape index (κ1) is 16.4. The molecule has 3 rings (SSSR count). The third-order valence-corrected chi connectivity index (χ3v) is 4.12. The Morgan fingerprint density at radius 2 is 1.67 bits per heavy atom. The van der Waals surface area contributed by atoms with Gasteiger partial charge in [-0.3, -0.25) is 4.79 Å². The van der Waals surface area contributed by atoms with Crippen LogP contribution in [0, 0.1) is 23.3 Å². The molecular formula is C16H7BrF4N2O. The standard InChI is InChI=1S/C16H7BrF4N2O/c17-16-9(7-24)15(8-5-6-11(19)14(21)13(8)20)22-23(16)12-4-2-1-3-10(12)18/h1-7H. The van der Waals surface area contributed by atoms with Crippen LogP contribution in [0.3, 0.4) is 0 Å². The van der Waals surface area contributed by atoms with Crippen LogP contribution < -0.4 is 0 Å². The summed E-state index contributed by atoms with van der Waals surface area (Å²) in [6, 6.07) is 7.27. The second-order valence-electron chi connectivity index (χ2n) is 4.76. The lowest BCUT2D eigenvalue weighted by atomic mass is 10.1. The van der Waals surface area contributed by atoms with E-state index in [-0.39, 0.29) is 21.5 Å². The van der Waals surface area contributed by atoms with E-state index in [0.29, 0.717) is 6.29 Å². The molecule has 1 heterocycles. The lowest BCUT2D eigenvalue weighted by Crippen LogP contribution is -2.00. The van der Waals surface area contributed by atoms with Crippen LogP contribution in [0.15, 0.2) is 41.0 Å². The summed E-state index contributed by atoms with van der Waals surface area (Å²) in [5, 5.41) is 3.98. The van der Waals surface area contributed by atoms with Crippen LogP contribution in [0.5, 0.6) is 0 Å². The molecule has 0 atom stereocenters. The number of nitrogens with zero attached hydrogens (tertiary/aromatic N) is 2. The zero-order valence-electron chi connectivity index (χ0n) is 11.7. The van der Waals surface area contributed by atoms with Crippen molar-refractivity contribution in [3.63, 3.8) is 0 Å². The zero-order chi connectivity index (χ0) is 17.4. The highest BCUT2D eigenvalue weighted by molar-refractivity contribution is 9.10. The molecule has 3 nitrogen and oxygen atoms in total. The molecular weight excluding hydrogens is 392 g/mol. The van der Waals surface area contributed by atoms with Gasteiger partial charge in [0.25, 0.3) is 0 Å². The smallest absolute Gasteiger partial charge is 0.195 e. The van der Waals surface area contributed by atoms with E-state index in [1.165, 1.54) is 18.2 Å². The van der Waals surface area contributed by atoms with E-state index in [1.54, 1.807) is 6.07 Å². The summed E-state index contributed by atoms with van der Waals surface area (Å²) in [4.78, 5) is 11.3. The number of carbonyl (C=O) groups excluding carboxylic acids is 1. The van der Waals surface area contributed by atoms with Gasteiger partial charge in [-0.25, -0.2) is 22.2 Å². The maximum absolute atomic E-state index is 14.0. The van der Waals surface area contributed by atoms with Gasteiger partial charge in [-0.2, -0.15) is 5.10 Å². The molecule has 1 aromatic heterocycles. The van der Waals surface area contributed by atoms with Gasteiger partial charge in [-0.1, -0.05) is 12.1 Å². The predicted molar refractivity (Wildman–Crippen MR) is 81.9 cm³/mol. The Balaban J connectivity index is 2.28. The molecule has 0 fully saturated rings. The second-order valence-corrected chi connectivity index (χ2v) is 5.51. The summed E-state index contributed by atoms with van der Waals surface area (Å²) in [6.45, 7) is 0. The predicted octanol–water partition coefficient (Wildman–Crippen LogP) is 4.67. The molecule has 0 aliphatic rings. The van der Waals surface area contributed by atoms with Gasteiger partial charge in [-0.15, -0.1) is 0 Å². The SMILES string of the molecule is O=Cc1c(-c2ccc(F)c(F)c2F)nn(-c2ccccc2F)c1Br. The summed E-state index contributed by atoms with van der Waals surface area (Å²) < 4.78 is 55.6. The van der Waals surface area contributed by atoms with Crippen molar-refractivity contribution in [1.82, 2.24) is 9.78 Å².